The third kappa shape index (κ3) is 2.85. The number of nitrogens with one attached hydrogen (secondary N) is 1. The van der Waals surface area contributed by atoms with Crippen LogP contribution < -0.4 is 0 Å². The highest BCUT2D eigenvalue weighted by Gasteiger charge is 2.08. The van der Waals surface area contributed by atoms with E-state index in [1.165, 1.54) is 0 Å². The summed E-state index contributed by atoms with van der Waals surface area (Å²) < 4.78 is 2.86. The van der Waals surface area contributed by atoms with Crippen LogP contribution >= 0.6 is 24.0 Å². The van der Waals surface area contributed by atoms with Gasteiger partial charge in [-0.25, -0.2) is 0 Å². The van der Waals surface area contributed by atoms with Crippen molar-refractivity contribution in [2.24, 2.45) is 0 Å². The van der Waals surface area contributed by atoms with Crippen LogP contribution in [0.2, 0.25) is 0 Å². The Kier molecular flexibility index (Phi) is 4.68. The van der Waals surface area contributed by atoms with Gasteiger partial charge in [-0.1, -0.05) is 13.8 Å². The Morgan fingerprint density at radius 2 is 2.36 bits per heavy atom. The molecule has 1 rings (SSSR count). The second-order valence-electron chi connectivity index (χ2n) is 3.35. The van der Waals surface area contributed by atoms with Crippen molar-refractivity contribution in [3.8, 4) is 0 Å². The summed E-state index contributed by atoms with van der Waals surface area (Å²) in [7, 11) is 0. The van der Waals surface area contributed by atoms with Crippen molar-refractivity contribution < 1.29 is 0 Å². The van der Waals surface area contributed by atoms with Gasteiger partial charge in [0, 0.05) is 18.2 Å². The maximum absolute atomic E-state index is 5.19. The lowest BCUT2D eigenvalue weighted by molar-refractivity contribution is 0.634. The van der Waals surface area contributed by atoms with E-state index < -0.39 is 0 Å². The number of rotatable bonds is 5. The number of thioether (sulfide) groups is 1. The van der Waals surface area contributed by atoms with Gasteiger partial charge in [0.2, 0.25) is 0 Å². The Morgan fingerprint density at radius 3 is 2.93 bits per heavy atom. The van der Waals surface area contributed by atoms with Gasteiger partial charge in [0.25, 0.3) is 0 Å². The summed E-state index contributed by atoms with van der Waals surface area (Å²) in [6, 6.07) is 0. The van der Waals surface area contributed by atoms with Crippen LogP contribution in [0.3, 0.4) is 0 Å². The standard InChI is InChI=1S/C9H17N3S2/c1-4-5-8-10-11-9(13)12(8)6-7(2)14-3/h7H,4-6H2,1-3H3,(H,11,13). The Morgan fingerprint density at radius 1 is 1.64 bits per heavy atom. The number of aromatic nitrogens is 3. The number of hydrogen-bond acceptors (Lipinski definition) is 3. The van der Waals surface area contributed by atoms with Gasteiger partial charge in [-0.2, -0.15) is 16.9 Å². The van der Waals surface area contributed by atoms with Crippen LogP contribution in [0.15, 0.2) is 0 Å². The van der Waals surface area contributed by atoms with Crippen molar-refractivity contribution in [2.75, 3.05) is 6.26 Å². The van der Waals surface area contributed by atoms with Crippen LogP contribution in [0.1, 0.15) is 26.1 Å². The predicted octanol–water partition coefficient (Wildman–Crippen LogP) is 2.64. The predicted molar refractivity (Wildman–Crippen MR) is 64.4 cm³/mol. The van der Waals surface area contributed by atoms with Gasteiger partial charge in [-0.05, 0) is 24.9 Å². The topological polar surface area (TPSA) is 33.6 Å². The molecule has 0 aromatic carbocycles. The summed E-state index contributed by atoms with van der Waals surface area (Å²) >= 11 is 7.04. The number of nitrogens with zero attached hydrogens (tertiary/aromatic N) is 2. The summed E-state index contributed by atoms with van der Waals surface area (Å²) in [6.45, 7) is 5.31. The second-order valence-corrected chi connectivity index (χ2v) is 5.01. The minimum absolute atomic E-state index is 0.579. The maximum Gasteiger partial charge on any atom is 0.195 e. The smallest absolute Gasteiger partial charge is 0.195 e. The number of aromatic amines is 1. The van der Waals surface area contributed by atoms with Gasteiger partial charge in [0.05, 0.1) is 0 Å². The van der Waals surface area contributed by atoms with E-state index in [0.717, 1.165) is 30.0 Å². The molecule has 0 radical (unpaired) electrons. The van der Waals surface area contributed by atoms with Crippen molar-refractivity contribution >= 4 is 24.0 Å². The van der Waals surface area contributed by atoms with E-state index in [1.54, 1.807) is 0 Å². The lowest BCUT2D eigenvalue weighted by Gasteiger charge is -2.10. The molecule has 5 heteroatoms. The lowest BCUT2D eigenvalue weighted by atomic mass is 10.3. The molecule has 14 heavy (non-hydrogen) atoms. The van der Waals surface area contributed by atoms with Crippen LogP contribution in [0.5, 0.6) is 0 Å². The van der Waals surface area contributed by atoms with Crippen molar-refractivity contribution in [1.29, 1.82) is 0 Å². The van der Waals surface area contributed by atoms with Crippen LogP contribution in [0, 0.1) is 4.77 Å². The molecule has 0 fully saturated rings. The zero-order chi connectivity index (χ0) is 10.6. The van der Waals surface area contributed by atoms with Gasteiger partial charge in [-0.3, -0.25) is 5.10 Å². The van der Waals surface area contributed by atoms with E-state index in [4.69, 9.17) is 12.2 Å². The molecule has 3 nitrogen and oxygen atoms in total. The molecule has 1 N–H and O–H groups in total. The maximum atomic E-state index is 5.19. The molecule has 0 saturated heterocycles. The normalized spacial score (nSPS) is 13.1. The Labute approximate surface area is 94.3 Å². The molecule has 0 bridgehead atoms. The van der Waals surface area contributed by atoms with E-state index in [0.29, 0.717) is 5.25 Å². The van der Waals surface area contributed by atoms with E-state index in [9.17, 15) is 0 Å². The molecule has 80 valence electrons. The fourth-order valence-electron chi connectivity index (χ4n) is 1.28. The highest BCUT2D eigenvalue weighted by molar-refractivity contribution is 7.99. The first-order valence-electron chi connectivity index (χ1n) is 4.85. The first kappa shape index (κ1) is 11.8. The molecule has 0 amide bonds. The molecule has 0 aliphatic carbocycles. The van der Waals surface area contributed by atoms with Crippen LogP contribution in [0.25, 0.3) is 0 Å². The summed E-state index contributed by atoms with van der Waals surface area (Å²) in [6.07, 6.45) is 4.22. The number of hydrogen-bond donors (Lipinski definition) is 1. The summed E-state index contributed by atoms with van der Waals surface area (Å²) in [4.78, 5) is 0. The summed E-state index contributed by atoms with van der Waals surface area (Å²) in [5.41, 5.74) is 0. The molecular weight excluding hydrogens is 214 g/mol. The van der Waals surface area contributed by atoms with Crippen molar-refractivity contribution in [3.63, 3.8) is 0 Å². The van der Waals surface area contributed by atoms with Gasteiger partial charge in [0.15, 0.2) is 4.77 Å². The van der Waals surface area contributed by atoms with Gasteiger partial charge in [0.1, 0.15) is 5.82 Å². The minimum atomic E-state index is 0.579. The molecule has 0 saturated carbocycles. The monoisotopic (exact) mass is 231 g/mol. The molecule has 1 heterocycles. The van der Waals surface area contributed by atoms with Gasteiger partial charge < -0.3 is 4.57 Å². The fourth-order valence-corrected chi connectivity index (χ4v) is 1.81. The van der Waals surface area contributed by atoms with Crippen LogP contribution in [-0.2, 0) is 13.0 Å². The molecule has 1 atom stereocenters. The van der Waals surface area contributed by atoms with Crippen molar-refractivity contribution in [3.05, 3.63) is 10.6 Å². The van der Waals surface area contributed by atoms with Crippen molar-refractivity contribution in [2.45, 2.75) is 38.5 Å². The average Bonchev–Trinajstić information content (AvgIpc) is 2.50. The highest BCUT2D eigenvalue weighted by atomic mass is 32.2. The molecule has 0 aliphatic rings. The molecule has 1 unspecified atom stereocenters. The number of H-pyrrole nitrogens is 1. The first-order chi connectivity index (χ1) is 6.69. The zero-order valence-corrected chi connectivity index (χ0v) is 10.5. The molecule has 1 aromatic heterocycles. The summed E-state index contributed by atoms with van der Waals surface area (Å²) in [5.74, 6) is 1.08. The van der Waals surface area contributed by atoms with Crippen LogP contribution in [0.4, 0.5) is 0 Å². The highest BCUT2D eigenvalue weighted by Crippen LogP contribution is 2.10. The fraction of sp³-hybridized carbons (Fsp3) is 0.778. The second kappa shape index (κ2) is 5.56. The largest absolute Gasteiger partial charge is 0.303 e. The third-order valence-corrected chi connectivity index (χ3v) is 3.42. The summed E-state index contributed by atoms with van der Waals surface area (Å²) in [5, 5.41) is 7.67. The first-order valence-corrected chi connectivity index (χ1v) is 6.55. The molecule has 1 aromatic rings. The van der Waals surface area contributed by atoms with Gasteiger partial charge >= 0.3 is 0 Å². The van der Waals surface area contributed by atoms with E-state index in [-0.39, 0.29) is 0 Å². The zero-order valence-electron chi connectivity index (χ0n) is 8.91. The Bertz CT molecular complexity index is 329. The van der Waals surface area contributed by atoms with E-state index in [2.05, 4.69) is 34.9 Å². The Hall–Kier alpha value is -0.290. The molecular formula is C9H17N3S2. The van der Waals surface area contributed by atoms with Gasteiger partial charge in [-0.15, -0.1) is 0 Å². The molecule has 0 aliphatic heterocycles. The average molecular weight is 231 g/mol. The third-order valence-electron chi connectivity index (χ3n) is 2.15. The minimum Gasteiger partial charge on any atom is -0.303 e. The SMILES string of the molecule is CCCc1n[nH]c(=S)n1CC(C)SC. The molecule has 0 spiro atoms. The van der Waals surface area contributed by atoms with E-state index >= 15 is 0 Å². The van der Waals surface area contributed by atoms with Crippen LogP contribution in [-0.4, -0.2) is 26.3 Å². The van der Waals surface area contributed by atoms with E-state index in [1.807, 2.05) is 11.8 Å². The quantitative estimate of drug-likeness (QED) is 0.791. The Balaban J connectivity index is 2.82. The number of aryl methyl sites for hydroxylation is 1. The lowest BCUT2D eigenvalue weighted by Crippen LogP contribution is -2.12. The van der Waals surface area contributed by atoms with Crippen molar-refractivity contribution in [1.82, 2.24) is 14.8 Å².